The van der Waals surface area contributed by atoms with Gasteiger partial charge in [-0.3, -0.25) is 0 Å². The third-order valence-electron chi connectivity index (χ3n) is 8.88. The van der Waals surface area contributed by atoms with E-state index in [4.69, 9.17) is 4.74 Å². The number of carbonyl (C=O) groups excluding carboxylic acids is 1. The molecule has 3 aliphatic heterocycles. The highest BCUT2D eigenvalue weighted by atomic mass is 16.6. The van der Waals surface area contributed by atoms with Gasteiger partial charge in [-0.1, -0.05) is 48.5 Å². The number of aromatic nitrogens is 2. The molecule has 3 saturated heterocycles. The minimum absolute atomic E-state index is 0.0435. The smallest absolute Gasteiger partial charge is 0.410 e. The van der Waals surface area contributed by atoms with Crippen LogP contribution in [0.15, 0.2) is 60.9 Å². The molecule has 7 heteroatoms. The minimum Gasteiger partial charge on any atom is -0.448 e. The summed E-state index contributed by atoms with van der Waals surface area (Å²) in [6.07, 6.45) is 8.37. The highest BCUT2D eigenvalue weighted by Gasteiger charge is 2.51. The Hall–Kier alpha value is -3.45. The lowest BCUT2D eigenvalue weighted by Crippen LogP contribution is -2.52. The number of rotatable bonds is 4. The van der Waals surface area contributed by atoms with Gasteiger partial charge in [-0.05, 0) is 47.9 Å². The van der Waals surface area contributed by atoms with Gasteiger partial charge < -0.3 is 19.6 Å². The second-order valence-electron chi connectivity index (χ2n) is 11.0. The largest absolute Gasteiger partial charge is 0.448 e. The van der Waals surface area contributed by atoms with E-state index in [-0.39, 0.29) is 24.1 Å². The molecule has 2 unspecified atom stereocenters. The number of hydrogen-bond acceptors (Lipinski definition) is 6. The van der Waals surface area contributed by atoms with Crippen LogP contribution in [0.3, 0.4) is 0 Å². The maximum atomic E-state index is 13.4. The molecule has 4 heterocycles. The lowest BCUT2D eigenvalue weighted by atomic mass is 9.82. The number of nitrogens with zero attached hydrogens (tertiary/aromatic N) is 4. The van der Waals surface area contributed by atoms with E-state index in [2.05, 4.69) is 51.3 Å². The van der Waals surface area contributed by atoms with Gasteiger partial charge in [-0.25, -0.2) is 14.8 Å². The van der Waals surface area contributed by atoms with Gasteiger partial charge in [0.05, 0.1) is 5.60 Å². The first-order chi connectivity index (χ1) is 18.1. The number of hydrogen-bond donors (Lipinski definition) is 1. The van der Waals surface area contributed by atoms with E-state index in [1.165, 1.54) is 35.1 Å². The van der Waals surface area contributed by atoms with Crippen LogP contribution < -0.4 is 4.90 Å². The van der Waals surface area contributed by atoms with Crippen molar-refractivity contribution in [1.29, 1.82) is 0 Å². The standard InChI is InChI=1S/C30H32N4O3/c35-29(37-19-27-25-9-3-1-7-23(25)24-8-2-4-10-26(24)27)34-21-11-12-22(34)16-30(36,15-21)20-17-31-28(32-18-20)33-13-5-6-14-33/h1-4,7-10,17-18,21-22,27,36H,5-6,11-16,19H2. The number of piperidine rings is 1. The van der Waals surface area contributed by atoms with Gasteiger partial charge in [0.15, 0.2) is 0 Å². The Morgan fingerprint density at radius 1 is 0.919 bits per heavy atom. The number of fused-ring (bicyclic) bond motifs is 5. The van der Waals surface area contributed by atoms with Crippen LogP contribution in [0.2, 0.25) is 0 Å². The number of amides is 1. The molecule has 0 spiro atoms. The molecule has 2 aromatic carbocycles. The van der Waals surface area contributed by atoms with Crippen LogP contribution in [-0.4, -0.2) is 57.8 Å². The molecule has 1 amide bonds. The fourth-order valence-electron chi connectivity index (χ4n) is 7.07. The summed E-state index contributed by atoms with van der Waals surface area (Å²) in [5, 5.41) is 11.6. The molecule has 2 atom stereocenters. The van der Waals surface area contributed by atoms with Crippen molar-refractivity contribution in [2.45, 2.75) is 62.1 Å². The zero-order valence-electron chi connectivity index (χ0n) is 20.9. The van der Waals surface area contributed by atoms with E-state index in [0.29, 0.717) is 19.4 Å². The molecule has 0 radical (unpaired) electrons. The average molecular weight is 497 g/mol. The topological polar surface area (TPSA) is 78.8 Å². The van der Waals surface area contributed by atoms with Gasteiger partial charge in [-0.2, -0.15) is 0 Å². The lowest BCUT2D eigenvalue weighted by molar-refractivity contribution is -0.0535. The van der Waals surface area contributed by atoms with E-state index in [1.807, 2.05) is 17.0 Å². The van der Waals surface area contributed by atoms with Crippen molar-refractivity contribution in [1.82, 2.24) is 14.9 Å². The maximum Gasteiger partial charge on any atom is 0.410 e. The van der Waals surface area contributed by atoms with Crippen molar-refractivity contribution in [2.24, 2.45) is 0 Å². The molecular formula is C30H32N4O3. The lowest BCUT2D eigenvalue weighted by Gasteiger charge is -2.43. The van der Waals surface area contributed by atoms with Gasteiger partial charge in [0.1, 0.15) is 6.61 Å². The Bertz CT molecular complexity index is 1260. The van der Waals surface area contributed by atoms with E-state index in [0.717, 1.165) is 37.4 Å². The van der Waals surface area contributed by atoms with Crippen LogP contribution in [0.4, 0.5) is 10.7 Å². The second kappa shape index (κ2) is 8.84. The van der Waals surface area contributed by atoms with E-state index in [9.17, 15) is 9.90 Å². The summed E-state index contributed by atoms with van der Waals surface area (Å²) in [5.74, 6) is 0.783. The summed E-state index contributed by atoms with van der Waals surface area (Å²) in [6, 6.07) is 16.7. The zero-order chi connectivity index (χ0) is 25.0. The highest BCUT2D eigenvalue weighted by Crippen LogP contribution is 2.47. The predicted molar refractivity (Wildman–Crippen MR) is 140 cm³/mol. The van der Waals surface area contributed by atoms with Crippen LogP contribution in [0.5, 0.6) is 0 Å². The van der Waals surface area contributed by atoms with Crippen LogP contribution in [0.1, 0.15) is 61.1 Å². The number of carbonyl (C=O) groups is 1. The second-order valence-corrected chi connectivity index (χ2v) is 11.0. The quantitative estimate of drug-likeness (QED) is 0.557. The normalized spacial score (nSPS) is 26.3. The summed E-state index contributed by atoms with van der Waals surface area (Å²) >= 11 is 0. The minimum atomic E-state index is -1.02. The van der Waals surface area contributed by atoms with Crippen molar-refractivity contribution in [3.05, 3.63) is 77.6 Å². The maximum absolute atomic E-state index is 13.4. The van der Waals surface area contributed by atoms with Crippen molar-refractivity contribution >= 4 is 12.0 Å². The predicted octanol–water partition coefficient (Wildman–Crippen LogP) is 4.84. The Kier molecular flexibility index (Phi) is 5.43. The van der Waals surface area contributed by atoms with Crippen molar-refractivity contribution in [3.8, 4) is 11.1 Å². The molecule has 7 nitrogen and oxygen atoms in total. The Morgan fingerprint density at radius 3 is 2.08 bits per heavy atom. The Balaban J connectivity index is 1.05. The number of ether oxygens (including phenoxy) is 1. The summed E-state index contributed by atoms with van der Waals surface area (Å²) in [7, 11) is 0. The van der Waals surface area contributed by atoms with Gasteiger partial charge >= 0.3 is 6.09 Å². The average Bonchev–Trinajstić information content (AvgIpc) is 3.64. The first-order valence-electron chi connectivity index (χ1n) is 13.5. The van der Waals surface area contributed by atoms with Gasteiger partial charge in [0, 0.05) is 61.9 Å². The van der Waals surface area contributed by atoms with Crippen molar-refractivity contribution in [3.63, 3.8) is 0 Å². The van der Waals surface area contributed by atoms with Crippen LogP contribution in [0.25, 0.3) is 11.1 Å². The van der Waals surface area contributed by atoms with E-state index in [1.54, 1.807) is 12.4 Å². The fraction of sp³-hybridized carbons (Fsp3) is 0.433. The highest BCUT2D eigenvalue weighted by molar-refractivity contribution is 5.79. The Labute approximate surface area is 217 Å². The monoisotopic (exact) mass is 496 g/mol. The van der Waals surface area contributed by atoms with Gasteiger partial charge in [0.25, 0.3) is 0 Å². The summed E-state index contributed by atoms with van der Waals surface area (Å²) in [6.45, 7) is 2.30. The Morgan fingerprint density at radius 2 is 1.49 bits per heavy atom. The van der Waals surface area contributed by atoms with Gasteiger partial charge in [0.2, 0.25) is 5.95 Å². The van der Waals surface area contributed by atoms with Crippen LogP contribution in [0, 0.1) is 0 Å². The molecule has 190 valence electrons. The van der Waals surface area contributed by atoms with Crippen molar-refractivity contribution < 1.29 is 14.6 Å². The number of aliphatic hydroxyl groups is 1. The molecule has 0 saturated carbocycles. The number of benzene rings is 2. The molecule has 3 fully saturated rings. The molecule has 4 aliphatic rings. The molecule has 7 rings (SSSR count). The third kappa shape index (κ3) is 3.79. The first-order valence-corrected chi connectivity index (χ1v) is 13.5. The summed E-state index contributed by atoms with van der Waals surface area (Å²) in [5.41, 5.74) is 4.60. The molecule has 3 aromatic rings. The molecule has 1 N–H and O–H groups in total. The fourth-order valence-corrected chi connectivity index (χ4v) is 7.07. The molecule has 37 heavy (non-hydrogen) atoms. The zero-order valence-corrected chi connectivity index (χ0v) is 20.9. The van der Waals surface area contributed by atoms with Crippen LogP contribution in [-0.2, 0) is 10.3 Å². The molecule has 2 bridgehead atoms. The molecule has 1 aromatic heterocycles. The number of anilines is 1. The molecule has 1 aliphatic carbocycles. The SMILES string of the molecule is O=C(OCC1c2ccccc2-c2ccccc21)N1C2CCC1CC(O)(c1cnc(N3CCCC3)nc1)C2. The summed E-state index contributed by atoms with van der Waals surface area (Å²) < 4.78 is 5.98. The van der Waals surface area contributed by atoms with Crippen LogP contribution >= 0.6 is 0 Å². The molecular weight excluding hydrogens is 464 g/mol. The van der Waals surface area contributed by atoms with E-state index >= 15 is 0 Å². The summed E-state index contributed by atoms with van der Waals surface area (Å²) in [4.78, 5) is 26.6. The van der Waals surface area contributed by atoms with Gasteiger partial charge in [-0.15, -0.1) is 0 Å². The first kappa shape index (κ1) is 22.7. The van der Waals surface area contributed by atoms with E-state index < -0.39 is 5.60 Å². The van der Waals surface area contributed by atoms with Crippen molar-refractivity contribution in [2.75, 3.05) is 24.6 Å². The third-order valence-corrected chi connectivity index (χ3v) is 8.88.